The van der Waals surface area contributed by atoms with E-state index in [1.54, 1.807) is 19.0 Å². The third-order valence-corrected chi connectivity index (χ3v) is 2.95. The molecule has 0 aliphatic rings. The zero-order valence-corrected chi connectivity index (χ0v) is 13.1. The minimum absolute atomic E-state index is 0.104. The molecule has 22 heavy (non-hydrogen) atoms. The Balaban J connectivity index is 0.000000541. The number of carbonyl (C=O) groups excluding carboxylic acids is 1. The fourth-order valence-electron chi connectivity index (χ4n) is 2.03. The van der Waals surface area contributed by atoms with Crippen LogP contribution in [-0.2, 0) is 9.59 Å². The van der Waals surface area contributed by atoms with E-state index in [2.05, 4.69) is 0 Å². The molecule has 0 bridgehead atoms. The second-order valence-corrected chi connectivity index (χ2v) is 5.01. The molecule has 0 heterocycles. The van der Waals surface area contributed by atoms with E-state index in [0.717, 1.165) is 18.1 Å². The van der Waals surface area contributed by atoms with Crippen molar-refractivity contribution in [1.82, 2.24) is 4.90 Å². The van der Waals surface area contributed by atoms with Crippen LogP contribution in [0.25, 0.3) is 0 Å². The van der Waals surface area contributed by atoms with Crippen LogP contribution in [0.15, 0.2) is 60.7 Å². The first-order valence-corrected chi connectivity index (χ1v) is 6.94. The molecule has 116 valence electrons. The fourth-order valence-corrected chi connectivity index (χ4v) is 2.03. The van der Waals surface area contributed by atoms with Gasteiger partial charge in [0.15, 0.2) is 0 Å². The Morgan fingerprint density at radius 3 is 1.45 bits per heavy atom. The summed E-state index contributed by atoms with van der Waals surface area (Å²) in [7, 11) is 3.59. The smallest absolute Gasteiger partial charge is 0.300 e. The molecule has 0 fully saturated rings. The average Bonchev–Trinajstić information content (AvgIpc) is 2.49. The van der Waals surface area contributed by atoms with Crippen molar-refractivity contribution >= 4 is 11.9 Å². The quantitative estimate of drug-likeness (QED) is 0.948. The summed E-state index contributed by atoms with van der Waals surface area (Å²) in [6.45, 7) is 1.08. The van der Waals surface area contributed by atoms with Gasteiger partial charge in [0.05, 0.1) is 5.92 Å². The molecule has 0 aromatic heterocycles. The highest BCUT2D eigenvalue weighted by molar-refractivity contribution is 5.86. The van der Waals surface area contributed by atoms with Gasteiger partial charge in [-0.05, 0) is 11.1 Å². The van der Waals surface area contributed by atoms with Gasteiger partial charge >= 0.3 is 0 Å². The van der Waals surface area contributed by atoms with Gasteiger partial charge < -0.3 is 10.0 Å². The predicted octanol–water partition coefficient (Wildman–Crippen LogP) is 3.00. The molecule has 0 aliphatic carbocycles. The number of nitrogens with zero attached hydrogens (tertiary/aromatic N) is 1. The number of carboxylic acid groups (broad SMARTS) is 1. The zero-order chi connectivity index (χ0) is 16.5. The second kappa shape index (κ2) is 8.62. The van der Waals surface area contributed by atoms with E-state index >= 15 is 0 Å². The van der Waals surface area contributed by atoms with E-state index in [-0.39, 0.29) is 11.8 Å². The van der Waals surface area contributed by atoms with Crippen LogP contribution in [0.3, 0.4) is 0 Å². The molecule has 2 aromatic rings. The number of likely N-dealkylation sites (N-methyl/N-ethyl adjacent to an activating group) is 1. The second-order valence-electron chi connectivity index (χ2n) is 5.01. The lowest BCUT2D eigenvalue weighted by Crippen LogP contribution is -2.28. The van der Waals surface area contributed by atoms with Crippen LogP contribution in [0, 0.1) is 0 Å². The van der Waals surface area contributed by atoms with E-state index in [1.807, 2.05) is 60.7 Å². The van der Waals surface area contributed by atoms with Gasteiger partial charge in [0.1, 0.15) is 0 Å². The van der Waals surface area contributed by atoms with Crippen LogP contribution in [0.5, 0.6) is 0 Å². The van der Waals surface area contributed by atoms with Crippen molar-refractivity contribution in [3.05, 3.63) is 71.8 Å². The van der Waals surface area contributed by atoms with Crippen LogP contribution in [0.2, 0.25) is 0 Å². The molecule has 0 radical (unpaired) electrons. The molecule has 1 N–H and O–H groups in total. The summed E-state index contributed by atoms with van der Waals surface area (Å²) in [6.07, 6.45) is 0. The first kappa shape index (κ1) is 17.4. The van der Waals surface area contributed by atoms with Crippen molar-refractivity contribution < 1.29 is 14.7 Å². The maximum atomic E-state index is 12.4. The van der Waals surface area contributed by atoms with Crippen molar-refractivity contribution in [2.24, 2.45) is 0 Å². The van der Waals surface area contributed by atoms with Crippen molar-refractivity contribution in [2.75, 3.05) is 14.1 Å². The molecule has 0 aliphatic heterocycles. The summed E-state index contributed by atoms with van der Waals surface area (Å²) in [4.78, 5) is 23.0. The normalized spacial score (nSPS) is 9.64. The lowest BCUT2D eigenvalue weighted by Gasteiger charge is -2.21. The molecule has 0 saturated carbocycles. The Kier molecular flexibility index (Phi) is 6.83. The fraction of sp³-hybridized carbons (Fsp3) is 0.222. The maximum Gasteiger partial charge on any atom is 0.300 e. The van der Waals surface area contributed by atoms with Crippen LogP contribution in [0.1, 0.15) is 24.0 Å². The number of rotatable bonds is 3. The minimum atomic E-state index is -0.833. The molecule has 4 heteroatoms. The lowest BCUT2D eigenvalue weighted by molar-refractivity contribution is -0.134. The van der Waals surface area contributed by atoms with Gasteiger partial charge in [-0.2, -0.15) is 0 Å². The average molecular weight is 299 g/mol. The van der Waals surface area contributed by atoms with Gasteiger partial charge in [-0.1, -0.05) is 60.7 Å². The van der Waals surface area contributed by atoms with Gasteiger partial charge in [0, 0.05) is 21.0 Å². The SMILES string of the molecule is CC(=O)O.CN(C)C(=O)C(c1ccccc1)c1ccccc1. The highest BCUT2D eigenvalue weighted by Crippen LogP contribution is 2.25. The van der Waals surface area contributed by atoms with Crippen molar-refractivity contribution in [2.45, 2.75) is 12.8 Å². The summed E-state index contributed by atoms with van der Waals surface area (Å²) in [5.41, 5.74) is 2.06. The van der Waals surface area contributed by atoms with E-state index < -0.39 is 5.97 Å². The highest BCUT2D eigenvalue weighted by Gasteiger charge is 2.23. The highest BCUT2D eigenvalue weighted by atomic mass is 16.4. The number of carboxylic acids is 1. The topological polar surface area (TPSA) is 57.6 Å². The minimum Gasteiger partial charge on any atom is -0.481 e. The molecule has 4 nitrogen and oxygen atoms in total. The number of benzene rings is 2. The van der Waals surface area contributed by atoms with Crippen LogP contribution >= 0.6 is 0 Å². The van der Waals surface area contributed by atoms with E-state index in [4.69, 9.17) is 9.90 Å². The summed E-state index contributed by atoms with van der Waals surface area (Å²) < 4.78 is 0. The third kappa shape index (κ3) is 5.40. The van der Waals surface area contributed by atoms with Crippen LogP contribution in [0.4, 0.5) is 0 Å². The number of hydrogen-bond acceptors (Lipinski definition) is 2. The number of aliphatic carboxylic acids is 1. The van der Waals surface area contributed by atoms with Crippen LogP contribution < -0.4 is 0 Å². The van der Waals surface area contributed by atoms with E-state index in [1.165, 1.54) is 0 Å². The Morgan fingerprint density at radius 2 is 1.18 bits per heavy atom. The number of amides is 1. The molecule has 2 aromatic carbocycles. The first-order chi connectivity index (χ1) is 10.4. The molecular formula is C18H21NO3. The van der Waals surface area contributed by atoms with E-state index in [9.17, 15) is 4.79 Å². The van der Waals surface area contributed by atoms with Gasteiger partial charge in [-0.3, -0.25) is 9.59 Å². The molecule has 2 rings (SSSR count). The molecular weight excluding hydrogens is 278 g/mol. The molecule has 0 unspecified atom stereocenters. The maximum absolute atomic E-state index is 12.4. The molecule has 0 saturated heterocycles. The summed E-state index contributed by atoms with van der Waals surface area (Å²) in [6, 6.07) is 19.8. The standard InChI is InChI=1S/C16H17NO.C2H4O2/c1-17(2)16(18)15(13-9-5-3-6-10-13)14-11-7-4-8-12-14;1-2(3)4/h3-12,15H,1-2H3;1H3,(H,3,4). The summed E-state index contributed by atoms with van der Waals surface area (Å²) >= 11 is 0. The predicted molar refractivity (Wildman–Crippen MR) is 86.7 cm³/mol. The Labute approximate surface area is 131 Å². The molecule has 0 spiro atoms. The summed E-state index contributed by atoms with van der Waals surface area (Å²) in [5, 5.41) is 7.42. The Morgan fingerprint density at radius 1 is 0.864 bits per heavy atom. The monoisotopic (exact) mass is 299 g/mol. The van der Waals surface area contributed by atoms with Gasteiger partial charge in [0.2, 0.25) is 5.91 Å². The van der Waals surface area contributed by atoms with Crippen molar-refractivity contribution in [1.29, 1.82) is 0 Å². The Hall–Kier alpha value is -2.62. The summed E-state index contributed by atoms with van der Waals surface area (Å²) in [5.74, 6) is -0.949. The van der Waals surface area contributed by atoms with Crippen molar-refractivity contribution in [3.63, 3.8) is 0 Å². The third-order valence-electron chi connectivity index (χ3n) is 2.95. The largest absolute Gasteiger partial charge is 0.481 e. The van der Waals surface area contributed by atoms with Crippen LogP contribution in [-0.4, -0.2) is 36.0 Å². The van der Waals surface area contributed by atoms with Gasteiger partial charge in [0.25, 0.3) is 5.97 Å². The number of hydrogen-bond donors (Lipinski definition) is 1. The van der Waals surface area contributed by atoms with Crippen molar-refractivity contribution in [3.8, 4) is 0 Å². The molecule has 1 amide bonds. The molecule has 0 atom stereocenters. The zero-order valence-electron chi connectivity index (χ0n) is 13.1. The Bertz CT molecular complexity index is 551. The van der Waals surface area contributed by atoms with Gasteiger partial charge in [-0.25, -0.2) is 0 Å². The number of carbonyl (C=O) groups is 2. The van der Waals surface area contributed by atoms with Gasteiger partial charge in [-0.15, -0.1) is 0 Å². The first-order valence-electron chi connectivity index (χ1n) is 6.94. The van der Waals surface area contributed by atoms with E-state index in [0.29, 0.717) is 0 Å². The lowest BCUT2D eigenvalue weighted by atomic mass is 9.90.